The molecule has 0 unspecified atom stereocenters. The number of benzene rings is 2. The standard InChI is InChI=1S/C24H31N3O4S/c1-18-16-27(17-19(2)31-18)32(29,30)21-10-8-9-20(15-21)24(28)25-22-11-4-5-12-23(22)26-13-6-3-7-14-26/h4-5,8-12,15,18-19H,3,6-7,13-14,16-17H2,1-2H3,(H,25,28)/t18-,19+. The summed E-state index contributed by atoms with van der Waals surface area (Å²) < 4.78 is 33.5. The van der Waals surface area contributed by atoms with Crippen LogP contribution in [0.25, 0.3) is 0 Å². The van der Waals surface area contributed by atoms with Gasteiger partial charge in [0.2, 0.25) is 10.0 Å². The van der Waals surface area contributed by atoms with Crippen LogP contribution in [0, 0.1) is 0 Å². The Balaban J connectivity index is 1.55. The van der Waals surface area contributed by atoms with Crippen LogP contribution >= 0.6 is 0 Å². The lowest BCUT2D eigenvalue weighted by Gasteiger charge is -2.34. The van der Waals surface area contributed by atoms with Crippen molar-refractivity contribution in [3.8, 4) is 0 Å². The Morgan fingerprint density at radius 2 is 1.66 bits per heavy atom. The van der Waals surface area contributed by atoms with Gasteiger partial charge in [-0.15, -0.1) is 0 Å². The van der Waals surface area contributed by atoms with Gasteiger partial charge in [0.15, 0.2) is 0 Å². The number of ether oxygens (including phenoxy) is 1. The molecule has 0 spiro atoms. The molecule has 0 radical (unpaired) electrons. The number of hydrogen-bond donors (Lipinski definition) is 1. The van der Waals surface area contributed by atoms with Gasteiger partial charge in [-0.25, -0.2) is 8.42 Å². The molecule has 7 nitrogen and oxygen atoms in total. The van der Waals surface area contributed by atoms with Crippen molar-refractivity contribution in [1.82, 2.24) is 4.31 Å². The van der Waals surface area contributed by atoms with Gasteiger partial charge in [-0.05, 0) is 63.4 Å². The van der Waals surface area contributed by atoms with Crippen LogP contribution in [0.2, 0.25) is 0 Å². The summed E-state index contributed by atoms with van der Waals surface area (Å²) in [6, 6.07) is 14.0. The number of amides is 1. The lowest BCUT2D eigenvalue weighted by molar-refractivity contribution is -0.0440. The molecule has 32 heavy (non-hydrogen) atoms. The molecule has 1 N–H and O–H groups in total. The Morgan fingerprint density at radius 3 is 2.38 bits per heavy atom. The van der Waals surface area contributed by atoms with Gasteiger partial charge in [-0.2, -0.15) is 4.31 Å². The maximum atomic E-state index is 13.2. The van der Waals surface area contributed by atoms with Crippen LogP contribution in [0.15, 0.2) is 53.4 Å². The predicted molar refractivity (Wildman–Crippen MR) is 126 cm³/mol. The molecule has 0 aromatic heterocycles. The van der Waals surface area contributed by atoms with Gasteiger partial charge >= 0.3 is 0 Å². The zero-order valence-electron chi connectivity index (χ0n) is 18.7. The number of nitrogens with zero attached hydrogens (tertiary/aromatic N) is 2. The van der Waals surface area contributed by atoms with Crippen molar-refractivity contribution in [2.24, 2.45) is 0 Å². The minimum Gasteiger partial charge on any atom is -0.373 e. The van der Waals surface area contributed by atoms with Crippen molar-refractivity contribution in [2.45, 2.75) is 50.2 Å². The Hall–Kier alpha value is -2.42. The molecule has 2 aliphatic rings. The summed E-state index contributed by atoms with van der Waals surface area (Å²) in [6.45, 7) is 6.26. The Labute approximate surface area is 190 Å². The number of morpholine rings is 1. The molecule has 2 aromatic rings. The molecule has 2 aliphatic heterocycles. The summed E-state index contributed by atoms with van der Waals surface area (Å²) in [4.78, 5) is 15.5. The van der Waals surface area contributed by atoms with Crippen LogP contribution < -0.4 is 10.2 Å². The minimum absolute atomic E-state index is 0.121. The third kappa shape index (κ3) is 4.98. The number of rotatable bonds is 5. The van der Waals surface area contributed by atoms with E-state index in [4.69, 9.17) is 4.74 Å². The maximum Gasteiger partial charge on any atom is 0.255 e. The Morgan fingerprint density at radius 1 is 0.969 bits per heavy atom. The monoisotopic (exact) mass is 457 g/mol. The highest BCUT2D eigenvalue weighted by atomic mass is 32.2. The average molecular weight is 458 g/mol. The van der Waals surface area contributed by atoms with Crippen LogP contribution in [-0.2, 0) is 14.8 Å². The van der Waals surface area contributed by atoms with E-state index in [1.807, 2.05) is 38.1 Å². The number of nitrogens with one attached hydrogen (secondary N) is 1. The van der Waals surface area contributed by atoms with Gasteiger partial charge < -0.3 is 15.0 Å². The van der Waals surface area contributed by atoms with Gasteiger partial charge in [-0.1, -0.05) is 18.2 Å². The van der Waals surface area contributed by atoms with Gasteiger partial charge in [0.05, 0.1) is 28.5 Å². The van der Waals surface area contributed by atoms with E-state index in [0.29, 0.717) is 18.7 Å². The van der Waals surface area contributed by atoms with Crippen LogP contribution in [0.5, 0.6) is 0 Å². The summed E-state index contributed by atoms with van der Waals surface area (Å²) in [6.07, 6.45) is 3.16. The average Bonchev–Trinajstić information content (AvgIpc) is 2.79. The molecular weight excluding hydrogens is 426 g/mol. The SMILES string of the molecule is C[C@@H]1CN(S(=O)(=O)c2cccc(C(=O)Nc3ccccc3N3CCCCC3)c2)C[C@H](C)O1. The van der Waals surface area contributed by atoms with Crippen molar-refractivity contribution >= 4 is 27.3 Å². The first-order chi connectivity index (χ1) is 15.3. The van der Waals surface area contributed by atoms with Gasteiger partial charge in [0.25, 0.3) is 5.91 Å². The van der Waals surface area contributed by atoms with Crippen LogP contribution in [0.1, 0.15) is 43.5 Å². The predicted octanol–water partition coefficient (Wildman–Crippen LogP) is 3.73. The molecular formula is C24H31N3O4S. The fourth-order valence-corrected chi connectivity index (χ4v) is 6.10. The fourth-order valence-electron chi connectivity index (χ4n) is 4.46. The molecule has 2 fully saturated rings. The van der Waals surface area contributed by atoms with Crippen LogP contribution in [-0.4, -0.2) is 57.0 Å². The van der Waals surface area contributed by atoms with Crippen LogP contribution in [0.4, 0.5) is 11.4 Å². The molecule has 2 heterocycles. The molecule has 0 saturated carbocycles. The van der Waals surface area contributed by atoms with Gasteiger partial charge in [-0.3, -0.25) is 4.79 Å². The topological polar surface area (TPSA) is 79.0 Å². The zero-order chi connectivity index (χ0) is 22.7. The number of carbonyl (C=O) groups is 1. The lowest BCUT2D eigenvalue weighted by Crippen LogP contribution is -2.48. The minimum atomic E-state index is -3.72. The molecule has 8 heteroatoms. The van der Waals surface area contributed by atoms with E-state index in [9.17, 15) is 13.2 Å². The summed E-state index contributed by atoms with van der Waals surface area (Å²) >= 11 is 0. The third-order valence-electron chi connectivity index (χ3n) is 5.97. The van der Waals surface area contributed by atoms with E-state index in [1.54, 1.807) is 18.2 Å². The summed E-state index contributed by atoms with van der Waals surface area (Å²) in [5.74, 6) is -0.324. The van der Waals surface area contributed by atoms with E-state index in [-0.39, 0.29) is 23.0 Å². The first-order valence-corrected chi connectivity index (χ1v) is 12.7. The number of piperidine rings is 1. The summed E-state index contributed by atoms with van der Waals surface area (Å²) in [7, 11) is -3.72. The molecule has 0 bridgehead atoms. The number of anilines is 2. The van der Waals surface area contributed by atoms with Crippen molar-refractivity contribution in [3.63, 3.8) is 0 Å². The second kappa shape index (κ2) is 9.60. The zero-order valence-corrected chi connectivity index (χ0v) is 19.5. The van der Waals surface area contributed by atoms with Crippen molar-refractivity contribution in [1.29, 1.82) is 0 Å². The van der Waals surface area contributed by atoms with E-state index in [2.05, 4.69) is 10.2 Å². The van der Waals surface area contributed by atoms with E-state index in [0.717, 1.165) is 37.3 Å². The lowest BCUT2D eigenvalue weighted by atomic mass is 10.1. The highest BCUT2D eigenvalue weighted by Crippen LogP contribution is 2.29. The number of sulfonamides is 1. The van der Waals surface area contributed by atoms with Crippen molar-refractivity contribution in [2.75, 3.05) is 36.4 Å². The Kier molecular flexibility index (Phi) is 6.83. The smallest absolute Gasteiger partial charge is 0.255 e. The number of carbonyl (C=O) groups excluding carboxylic acids is 1. The molecule has 2 aromatic carbocycles. The molecule has 2 saturated heterocycles. The first-order valence-electron chi connectivity index (χ1n) is 11.3. The molecule has 0 aliphatic carbocycles. The molecule has 2 atom stereocenters. The summed E-state index contributed by atoms with van der Waals surface area (Å²) in [5.41, 5.74) is 2.05. The second-order valence-corrected chi connectivity index (χ2v) is 10.6. The van der Waals surface area contributed by atoms with Gasteiger partial charge in [0.1, 0.15) is 0 Å². The van der Waals surface area contributed by atoms with E-state index in [1.165, 1.54) is 16.8 Å². The number of hydrogen-bond acceptors (Lipinski definition) is 5. The third-order valence-corrected chi connectivity index (χ3v) is 7.80. The molecule has 172 valence electrons. The second-order valence-electron chi connectivity index (χ2n) is 8.63. The van der Waals surface area contributed by atoms with E-state index >= 15 is 0 Å². The fraction of sp³-hybridized carbons (Fsp3) is 0.458. The summed E-state index contributed by atoms with van der Waals surface area (Å²) in [5, 5.41) is 2.99. The maximum absolute atomic E-state index is 13.2. The van der Waals surface area contributed by atoms with Crippen molar-refractivity contribution in [3.05, 3.63) is 54.1 Å². The van der Waals surface area contributed by atoms with Crippen molar-refractivity contribution < 1.29 is 17.9 Å². The first kappa shape index (κ1) is 22.8. The molecule has 1 amide bonds. The van der Waals surface area contributed by atoms with Crippen LogP contribution in [0.3, 0.4) is 0 Å². The number of para-hydroxylation sites is 2. The highest BCUT2D eigenvalue weighted by molar-refractivity contribution is 7.89. The molecule has 4 rings (SSSR count). The van der Waals surface area contributed by atoms with Gasteiger partial charge in [0, 0.05) is 31.7 Å². The largest absolute Gasteiger partial charge is 0.373 e. The van der Waals surface area contributed by atoms with E-state index < -0.39 is 10.0 Å². The normalized spacial score (nSPS) is 22.5. The Bertz CT molecular complexity index is 1060. The quantitative estimate of drug-likeness (QED) is 0.740. The highest BCUT2D eigenvalue weighted by Gasteiger charge is 2.32.